The van der Waals surface area contributed by atoms with Crippen molar-refractivity contribution >= 4 is 22.7 Å². The molecule has 0 saturated carbocycles. The summed E-state index contributed by atoms with van der Waals surface area (Å²) in [6.45, 7) is 0. The number of ketones is 1. The molecule has 1 aromatic heterocycles. The van der Waals surface area contributed by atoms with Gasteiger partial charge in [0.05, 0.1) is 11.1 Å². The predicted octanol–water partition coefficient (Wildman–Crippen LogP) is 5.50. The van der Waals surface area contributed by atoms with E-state index >= 15 is 0 Å². The van der Waals surface area contributed by atoms with Gasteiger partial charge in [0.1, 0.15) is 0 Å². The molecule has 0 radical (unpaired) electrons. The summed E-state index contributed by atoms with van der Waals surface area (Å²) in [5, 5.41) is 0.770. The molecule has 0 bridgehead atoms. The van der Waals surface area contributed by atoms with Crippen molar-refractivity contribution in [3.8, 4) is 0 Å². The molecule has 3 aromatic carbocycles. The van der Waals surface area contributed by atoms with Crippen LogP contribution in [-0.4, -0.2) is 16.7 Å². The van der Waals surface area contributed by atoms with Crippen LogP contribution in [0.4, 0.5) is 0 Å². The second-order valence-corrected chi connectivity index (χ2v) is 7.71. The number of nitrogens with zero attached hydrogens (tertiary/aromatic N) is 1. The van der Waals surface area contributed by atoms with Crippen molar-refractivity contribution in [3.63, 3.8) is 0 Å². The Morgan fingerprint density at radius 3 is 2.26 bits per heavy atom. The predicted molar refractivity (Wildman–Crippen MR) is 119 cm³/mol. The maximum absolute atomic E-state index is 13.5. The van der Waals surface area contributed by atoms with Crippen LogP contribution in [0.1, 0.15) is 50.1 Å². The van der Waals surface area contributed by atoms with Crippen LogP contribution in [-0.2, 0) is 17.6 Å². The molecule has 0 amide bonds. The molecule has 1 atom stereocenters. The van der Waals surface area contributed by atoms with Gasteiger partial charge < -0.3 is 4.74 Å². The van der Waals surface area contributed by atoms with Crippen LogP contribution < -0.4 is 0 Å². The number of hydrogen-bond donors (Lipinski definition) is 0. The van der Waals surface area contributed by atoms with Crippen LogP contribution in [0.5, 0.6) is 0 Å². The molecule has 0 N–H and O–H groups in total. The zero-order valence-corrected chi connectivity index (χ0v) is 17.0. The summed E-state index contributed by atoms with van der Waals surface area (Å²) in [6.07, 6.45) is 1.59. The number of para-hydroxylation sites is 1. The number of rotatable bonds is 5. The van der Waals surface area contributed by atoms with Crippen molar-refractivity contribution in [1.82, 2.24) is 4.98 Å². The summed E-state index contributed by atoms with van der Waals surface area (Å²) >= 11 is 0. The zero-order valence-electron chi connectivity index (χ0n) is 17.0. The van der Waals surface area contributed by atoms with Gasteiger partial charge in [-0.05, 0) is 30.9 Å². The second-order valence-electron chi connectivity index (χ2n) is 7.71. The molecule has 31 heavy (non-hydrogen) atoms. The number of fused-ring (bicyclic) bond motifs is 2. The molecule has 1 aliphatic rings. The first-order valence-corrected chi connectivity index (χ1v) is 10.5. The third kappa shape index (κ3) is 3.61. The maximum Gasteiger partial charge on any atom is 0.340 e. The number of benzene rings is 3. The van der Waals surface area contributed by atoms with Gasteiger partial charge in [0.25, 0.3) is 0 Å². The standard InChI is InChI=1S/C27H21NO3/c29-25(18-10-3-1-4-11-18)26(19-12-5-2-6-13-19)31-27(30)24-20-14-7-8-16-22(20)28-23-17-9-15-21(23)24/h1-8,10-14,16,26H,9,15,17H2/t26-/m0/s1. The van der Waals surface area contributed by atoms with E-state index in [9.17, 15) is 9.59 Å². The molecule has 0 fully saturated rings. The van der Waals surface area contributed by atoms with Crippen molar-refractivity contribution < 1.29 is 14.3 Å². The Morgan fingerprint density at radius 2 is 1.48 bits per heavy atom. The Kier molecular flexibility index (Phi) is 5.04. The summed E-state index contributed by atoms with van der Waals surface area (Å²) < 4.78 is 5.96. The zero-order chi connectivity index (χ0) is 21.2. The third-order valence-corrected chi connectivity index (χ3v) is 5.75. The highest BCUT2D eigenvalue weighted by Crippen LogP contribution is 2.32. The molecule has 0 spiro atoms. The van der Waals surface area contributed by atoms with E-state index in [0.29, 0.717) is 16.7 Å². The van der Waals surface area contributed by atoms with E-state index in [-0.39, 0.29) is 5.78 Å². The molecule has 152 valence electrons. The summed E-state index contributed by atoms with van der Waals surface area (Å²) in [6, 6.07) is 25.7. The van der Waals surface area contributed by atoms with Crippen molar-refractivity contribution in [3.05, 3.63) is 113 Å². The minimum Gasteiger partial charge on any atom is -0.445 e. The monoisotopic (exact) mass is 407 g/mol. The molecule has 0 unspecified atom stereocenters. The fraction of sp³-hybridized carbons (Fsp3) is 0.148. The van der Waals surface area contributed by atoms with Crippen LogP contribution in [0.15, 0.2) is 84.9 Å². The van der Waals surface area contributed by atoms with E-state index in [1.807, 2.05) is 60.7 Å². The number of ether oxygens (including phenoxy) is 1. The smallest absolute Gasteiger partial charge is 0.340 e. The fourth-order valence-electron chi connectivity index (χ4n) is 4.26. The molecule has 4 nitrogen and oxygen atoms in total. The van der Waals surface area contributed by atoms with Gasteiger partial charge in [0.15, 0.2) is 6.10 Å². The summed E-state index contributed by atoms with van der Waals surface area (Å²) in [5.41, 5.74) is 4.38. The SMILES string of the molecule is O=C(O[C@H](C(=O)c1ccccc1)c1ccccc1)c1c2c(nc3ccccc13)CCC2. The second kappa shape index (κ2) is 8.15. The first kappa shape index (κ1) is 19.2. The number of aryl methyl sites for hydroxylation is 1. The molecule has 4 aromatic rings. The Balaban J connectivity index is 1.58. The van der Waals surface area contributed by atoms with E-state index < -0.39 is 12.1 Å². The van der Waals surface area contributed by atoms with Gasteiger partial charge >= 0.3 is 5.97 Å². The van der Waals surface area contributed by atoms with Crippen LogP contribution in [0.2, 0.25) is 0 Å². The first-order chi connectivity index (χ1) is 15.2. The molecular weight excluding hydrogens is 386 g/mol. The third-order valence-electron chi connectivity index (χ3n) is 5.75. The number of aromatic nitrogens is 1. The number of hydrogen-bond acceptors (Lipinski definition) is 4. The minimum atomic E-state index is -1.01. The lowest BCUT2D eigenvalue weighted by Gasteiger charge is -2.19. The highest BCUT2D eigenvalue weighted by molar-refractivity contribution is 6.07. The van der Waals surface area contributed by atoms with Crippen LogP contribution in [0.25, 0.3) is 10.9 Å². The number of esters is 1. The largest absolute Gasteiger partial charge is 0.445 e. The number of carbonyl (C=O) groups excluding carboxylic acids is 2. The normalized spacial score (nSPS) is 13.5. The Morgan fingerprint density at radius 1 is 0.806 bits per heavy atom. The fourth-order valence-corrected chi connectivity index (χ4v) is 4.26. The molecule has 1 aliphatic carbocycles. The highest BCUT2D eigenvalue weighted by Gasteiger charge is 2.30. The van der Waals surface area contributed by atoms with E-state index in [4.69, 9.17) is 9.72 Å². The molecule has 0 saturated heterocycles. The molecule has 5 rings (SSSR count). The topological polar surface area (TPSA) is 56.3 Å². The first-order valence-electron chi connectivity index (χ1n) is 10.5. The van der Waals surface area contributed by atoms with Crippen molar-refractivity contribution in [2.75, 3.05) is 0 Å². The van der Waals surface area contributed by atoms with E-state index in [0.717, 1.165) is 41.4 Å². The summed E-state index contributed by atoms with van der Waals surface area (Å²) in [5.74, 6) is -0.718. The number of Topliss-reactive ketones (excluding diaryl/α,β-unsaturated/α-hetero) is 1. The lowest BCUT2D eigenvalue weighted by Crippen LogP contribution is -2.21. The number of carbonyl (C=O) groups is 2. The molecular formula is C27H21NO3. The minimum absolute atomic E-state index is 0.241. The molecule has 0 aliphatic heterocycles. The van der Waals surface area contributed by atoms with Crippen molar-refractivity contribution in [2.24, 2.45) is 0 Å². The lowest BCUT2D eigenvalue weighted by molar-refractivity contribution is 0.0281. The van der Waals surface area contributed by atoms with Gasteiger partial charge in [-0.15, -0.1) is 0 Å². The molecule has 4 heteroatoms. The average molecular weight is 407 g/mol. The van der Waals surface area contributed by atoms with Crippen LogP contribution in [0.3, 0.4) is 0 Å². The van der Waals surface area contributed by atoms with Crippen molar-refractivity contribution in [1.29, 1.82) is 0 Å². The van der Waals surface area contributed by atoms with Gasteiger partial charge in [-0.25, -0.2) is 4.79 Å². The summed E-state index contributed by atoms with van der Waals surface area (Å²) in [4.78, 5) is 31.6. The Bertz CT molecular complexity index is 1270. The van der Waals surface area contributed by atoms with Gasteiger partial charge in [-0.3, -0.25) is 9.78 Å². The quantitative estimate of drug-likeness (QED) is 0.324. The van der Waals surface area contributed by atoms with Gasteiger partial charge in [-0.1, -0.05) is 78.9 Å². The Hall–Kier alpha value is -3.79. The average Bonchev–Trinajstić information content (AvgIpc) is 3.29. The van der Waals surface area contributed by atoms with E-state index in [2.05, 4.69) is 0 Å². The summed E-state index contributed by atoms with van der Waals surface area (Å²) in [7, 11) is 0. The van der Waals surface area contributed by atoms with E-state index in [1.54, 1.807) is 24.3 Å². The number of pyridine rings is 1. The van der Waals surface area contributed by atoms with Crippen LogP contribution in [0, 0.1) is 0 Å². The van der Waals surface area contributed by atoms with E-state index in [1.165, 1.54) is 0 Å². The maximum atomic E-state index is 13.5. The van der Waals surface area contributed by atoms with Gasteiger partial charge in [-0.2, -0.15) is 0 Å². The highest BCUT2D eigenvalue weighted by atomic mass is 16.5. The van der Waals surface area contributed by atoms with Crippen molar-refractivity contribution in [2.45, 2.75) is 25.4 Å². The molecule has 1 heterocycles. The Labute approximate surface area is 180 Å². The van der Waals surface area contributed by atoms with Gasteiger partial charge in [0.2, 0.25) is 5.78 Å². The van der Waals surface area contributed by atoms with Gasteiger partial charge in [0, 0.05) is 22.2 Å². The lowest BCUT2D eigenvalue weighted by atomic mass is 9.98. The van der Waals surface area contributed by atoms with Crippen LogP contribution >= 0.6 is 0 Å².